The predicted molar refractivity (Wildman–Crippen MR) is 94.5 cm³/mol. The van der Waals surface area contributed by atoms with Crippen molar-refractivity contribution >= 4 is 23.4 Å². The maximum absolute atomic E-state index is 12.9. The van der Waals surface area contributed by atoms with Crippen LogP contribution in [0.3, 0.4) is 0 Å². The van der Waals surface area contributed by atoms with Gasteiger partial charge in [0, 0.05) is 24.3 Å². The lowest BCUT2D eigenvalue weighted by atomic mass is 10.2. The van der Waals surface area contributed by atoms with E-state index >= 15 is 0 Å². The lowest BCUT2D eigenvalue weighted by Crippen LogP contribution is -2.07. The van der Waals surface area contributed by atoms with Crippen LogP contribution in [-0.4, -0.2) is 9.97 Å². The Morgan fingerprint density at radius 1 is 0.917 bits per heavy atom. The number of rotatable bonds is 6. The topological polar surface area (TPSA) is 49.8 Å². The molecule has 0 unspecified atom stereocenters. The second kappa shape index (κ2) is 7.75. The summed E-state index contributed by atoms with van der Waals surface area (Å²) in [7, 11) is 0. The van der Waals surface area contributed by atoms with Crippen LogP contribution >= 0.6 is 11.6 Å². The lowest BCUT2D eigenvalue weighted by Gasteiger charge is -2.09. The Balaban J connectivity index is 1.59. The maximum atomic E-state index is 12.9. The van der Waals surface area contributed by atoms with Gasteiger partial charge in [0.05, 0.1) is 0 Å². The zero-order chi connectivity index (χ0) is 16.8. The molecule has 3 rings (SSSR count). The fourth-order valence-corrected chi connectivity index (χ4v) is 2.36. The predicted octanol–water partition coefficient (Wildman–Crippen LogP) is 4.49. The molecule has 0 radical (unpaired) electrons. The summed E-state index contributed by atoms with van der Waals surface area (Å²) in [6.45, 7) is 1.10. The van der Waals surface area contributed by atoms with E-state index in [0.717, 1.165) is 11.1 Å². The van der Waals surface area contributed by atoms with Crippen LogP contribution in [0.4, 0.5) is 16.2 Å². The Bertz CT molecular complexity index is 808. The average molecular weight is 343 g/mol. The lowest BCUT2D eigenvalue weighted by molar-refractivity contribution is 0.627. The second-order valence-electron chi connectivity index (χ2n) is 5.19. The number of aromatic nitrogens is 2. The first kappa shape index (κ1) is 16.2. The highest BCUT2D eigenvalue weighted by Crippen LogP contribution is 2.16. The van der Waals surface area contributed by atoms with Gasteiger partial charge in [-0.3, -0.25) is 0 Å². The van der Waals surface area contributed by atoms with Crippen LogP contribution in [0.25, 0.3) is 0 Å². The summed E-state index contributed by atoms with van der Waals surface area (Å²) >= 11 is 6.13. The number of benzene rings is 2. The summed E-state index contributed by atoms with van der Waals surface area (Å²) in [5.41, 5.74) is 1.95. The first-order chi connectivity index (χ1) is 11.7. The first-order valence-corrected chi connectivity index (χ1v) is 7.87. The number of halogens is 2. The summed E-state index contributed by atoms with van der Waals surface area (Å²) in [6.07, 6.45) is 1.68. The van der Waals surface area contributed by atoms with E-state index in [1.807, 2.05) is 24.3 Å². The zero-order valence-corrected chi connectivity index (χ0v) is 13.6. The van der Waals surface area contributed by atoms with Gasteiger partial charge in [-0.1, -0.05) is 41.9 Å². The van der Waals surface area contributed by atoms with Crippen molar-refractivity contribution in [2.24, 2.45) is 0 Å². The largest absolute Gasteiger partial charge is 0.366 e. The monoisotopic (exact) mass is 342 g/mol. The molecule has 24 heavy (non-hydrogen) atoms. The Hall–Kier alpha value is -2.66. The molecule has 6 heteroatoms. The van der Waals surface area contributed by atoms with Crippen molar-refractivity contribution in [2.75, 3.05) is 10.6 Å². The molecule has 122 valence electrons. The van der Waals surface area contributed by atoms with E-state index in [1.54, 1.807) is 24.4 Å². The van der Waals surface area contributed by atoms with E-state index in [0.29, 0.717) is 29.9 Å². The Morgan fingerprint density at radius 2 is 1.71 bits per heavy atom. The summed E-state index contributed by atoms with van der Waals surface area (Å²) < 4.78 is 12.9. The molecule has 1 aromatic heterocycles. The van der Waals surface area contributed by atoms with Crippen molar-refractivity contribution in [1.82, 2.24) is 9.97 Å². The molecule has 2 N–H and O–H groups in total. The van der Waals surface area contributed by atoms with Crippen molar-refractivity contribution in [3.63, 3.8) is 0 Å². The van der Waals surface area contributed by atoms with E-state index < -0.39 is 0 Å². The Morgan fingerprint density at radius 3 is 2.50 bits per heavy atom. The molecule has 4 nitrogen and oxygen atoms in total. The average Bonchev–Trinajstić information content (AvgIpc) is 2.61. The van der Waals surface area contributed by atoms with Crippen molar-refractivity contribution in [3.05, 3.63) is 82.8 Å². The number of hydrogen-bond acceptors (Lipinski definition) is 4. The number of nitrogens with one attached hydrogen (secondary N) is 2. The minimum atomic E-state index is -0.244. The molecular formula is C18H16ClFN4. The van der Waals surface area contributed by atoms with Crippen LogP contribution < -0.4 is 10.6 Å². The van der Waals surface area contributed by atoms with E-state index in [-0.39, 0.29) is 5.82 Å². The Labute approximate surface area is 144 Å². The van der Waals surface area contributed by atoms with Crippen molar-refractivity contribution in [1.29, 1.82) is 0 Å². The Kier molecular flexibility index (Phi) is 5.23. The first-order valence-electron chi connectivity index (χ1n) is 7.49. The van der Waals surface area contributed by atoms with Crippen LogP contribution in [-0.2, 0) is 13.1 Å². The molecule has 0 aliphatic carbocycles. The van der Waals surface area contributed by atoms with E-state index in [1.165, 1.54) is 12.1 Å². The molecule has 0 spiro atoms. The highest BCUT2D eigenvalue weighted by atomic mass is 35.5. The van der Waals surface area contributed by atoms with Crippen LogP contribution in [0.2, 0.25) is 5.02 Å². The molecule has 0 amide bonds. The van der Waals surface area contributed by atoms with Crippen molar-refractivity contribution < 1.29 is 4.39 Å². The molecule has 0 saturated heterocycles. The van der Waals surface area contributed by atoms with Gasteiger partial charge in [0.1, 0.15) is 11.6 Å². The van der Waals surface area contributed by atoms with Gasteiger partial charge in [0.2, 0.25) is 5.95 Å². The molecule has 0 saturated carbocycles. The molecule has 1 heterocycles. The fourth-order valence-electron chi connectivity index (χ4n) is 2.15. The summed E-state index contributed by atoms with van der Waals surface area (Å²) in [5, 5.41) is 7.05. The van der Waals surface area contributed by atoms with Gasteiger partial charge in [0.15, 0.2) is 0 Å². The maximum Gasteiger partial charge on any atom is 0.224 e. The fraction of sp³-hybridized carbons (Fsp3) is 0.111. The SMILES string of the molecule is Fc1ccc(CNc2ccnc(NCc3ccccc3Cl)n2)cc1. The number of hydrogen-bond donors (Lipinski definition) is 2. The second-order valence-corrected chi connectivity index (χ2v) is 5.60. The minimum Gasteiger partial charge on any atom is -0.366 e. The van der Waals surface area contributed by atoms with Crippen molar-refractivity contribution in [2.45, 2.75) is 13.1 Å². The molecule has 0 aliphatic rings. The van der Waals surface area contributed by atoms with Crippen LogP contribution in [0.1, 0.15) is 11.1 Å². The highest BCUT2D eigenvalue weighted by Gasteiger charge is 2.02. The smallest absolute Gasteiger partial charge is 0.224 e. The summed E-state index contributed by atoms with van der Waals surface area (Å²) in [5.74, 6) is 0.960. The van der Waals surface area contributed by atoms with Gasteiger partial charge < -0.3 is 10.6 Å². The van der Waals surface area contributed by atoms with Crippen molar-refractivity contribution in [3.8, 4) is 0 Å². The summed E-state index contributed by atoms with van der Waals surface area (Å²) in [4.78, 5) is 8.60. The molecule has 0 bridgehead atoms. The minimum absolute atomic E-state index is 0.244. The molecule has 2 aromatic carbocycles. The quantitative estimate of drug-likeness (QED) is 0.692. The van der Waals surface area contributed by atoms with Crippen LogP contribution in [0.5, 0.6) is 0 Å². The normalized spacial score (nSPS) is 10.4. The highest BCUT2D eigenvalue weighted by molar-refractivity contribution is 6.31. The van der Waals surface area contributed by atoms with Gasteiger partial charge in [-0.25, -0.2) is 9.37 Å². The van der Waals surface area contributed by atoms with Gasteiger partial charge in [-0.05, 0) is 35.4 Å². The molecule has 0 aliphatic heterocycles. The molecule has 3 aromatic rings. The molecular weight excluding hydrogens is 327 g/mol. The van der Waals surface area contributed by atoms with E-state index in [4.69, 9.17) is 11.6 Å². The zero-order valence-electron chi connectivity index (χ0n) is 12.8. The van der Waals surface area contributed by atoms with Gasteiger partial charge in [-0.2, -0.15) is 4.98 Å². The number of anilines is 2. The number of nitrogens with zero attached hydrogens (tertiary/aromatic N) is 2. The standard InChI is InChI=1S/C18H16ClFN4/c19-16-4-2-1-3-14(16)12-23-18-21-10-9-17(24-18)22-11-13-5-7-15(20)8-6-13/h1-10H,11-12H2,(H2,21,22,23,24). The molecule has 0 atom stereocenters. The van der Waals surface area contributed by atoms with Gasteiger partial charge >= 0.3 is 0 Å². The van der Waals surface area contributed by atoms with E-state index in [9.17, 15) is 4.39 Å². The van der Waals surface area contributed by atoms with Crippen LogP contribution in [0, 0.1) is 5.82 Å². The van der Waals surface area contributed by atoms with E-state index in [2.05, 4.69) is 20.6 Å². The van der Waals surface area contributed by atoms with Gasteiger partial charge in [-0.15, -0.1) is 0 Å². The third-order valence-electron chi connectivity index (χ3n) is 3.44. The van der Waals surface area contributed by atoms with Crippen LogP contribution in [0.15, 0.2) is 60.8 Å². The third-order valence-corrected chi connectivity index (χ3v) is 3.81. The molecule has 0 fully saturated rings. The third kappa shape index (κ3) is 4.43. The summed E-state index contributed by atoms with van der Waals surface area (Å²) in [6, 6.07) is 15.8. The van der Waals surface area contributed by atoms with Gasteiger partial charge in [0.25, 0.3) is 0 Å².